The van der Waals surface area contributed by atoms with Gasteiger partial charge in [-0.25, -0.2) is 13.2 Å². The summed E-state index contributed by atoms with van der Waals surface area (Å²) in [7, 11) is 0. The van der Waals surface area contributed by atoms with E-state index in [9.17, 15) is 10.2 Å². The maximum absolute atomic E-state index is 16.8. The van der Waals surface area contributed by atoms with Crippen molar-refractivity contribution in [3.63, 3.8) is 0 Å². The van der Waals surface area contributed by atoms with E-state index in [0.29, 0.717) is 22.5 Å². The first-order valence-electron chi connectivity index (χ1n) is 32.4. The molecule has 10 aromatic rings. The molecule has 10 rings (SSSR count). The molecule has 2 aromatic heterocycles. The van der Waals surface area contributed by atoms with Crippen LogP contribution >= 0.6 is 0 Å². The van der Waals surface area contributed by atoms with Crippen LogP contribution in [0.4, 0.5) is 13.2 Å². The molecule has 0 fully saturated rings. The molecular weight excluding hydrogens is 1130 g/mol. The summed E-state index contributed by atoms with van der Waals surface area (Å²) in [5, 5.41) is 30.2. The first-order chi connectivity index (χ1) is 41.9. The van der Waals surface area contributed by atoms with Crippen molar-refractivity contribution in [1.29, 1.82) is 0 Å². The molecule has 0 saturated heterocycles. The minimum absolute atomic E-state index is 0.0272. The van der Waals surface area contributed by atoms with E-state index < -0.39 is 28.3 Å². The number of aromatic hydroxyl groups is 2. The molecule has 8 aromatic carbocycles. The van der Waals surface area contributed by atoms with Crippen molar-refractivity contribution in [2.75, 3.05) is 13.2 Å². The fraction of sp³-hybridized carbons (Fsp3) is 0.415. The fourth-order valence-electron chi connectivity index (χ4n) is 14.1. The first kappa shape index (κ1) is 66.3. The Kier molecular flexibility index (Phi) is 16.7. The van der Waals surface area contributed by atoms with Gasteiger partial charge in [-0.1, -0.05) is 177 Å². The summed E-state index contributed by atoms with van der Waals surface area (Å²) in [6, 6.07) is 40.3. The van der Waals surface area contributed by atoms with Crippen molar-refractivity contribution in [2.24, 2.45) is 10.8 Å². The van der Waals surface area contributed by atoms with E-state index in [1.807, 2.05) is 18.2 Å². The SMILES string of the molecule is CC(C)(C)CC(C)(C)c1cc(-c2cc(F)ccc2OCCOc2c(F)cc(F)cc2-c2cc(C(C)(C)CC(C)(C)C)cc(-n3c4ccc(C(C)(C)C)cc4c4cc(C(C)(C)C)ccc43)c2O)c(O)c(-n2c3ccc(C(C)(C)C)cc3c3cc(C(C)(C)C)ccc32)c1. The van der Waals surface area contributed by atoms with Crippen LogP contribution in [0.25, 0.3) is 77.2 Å². The molecule has 2 N–H and O–H groups in total. The molecule has 0 amide bonds. The Bertz CT molecular complexity index is 4330. The standard InChI is InChI=1S/C82H97F3N2O4/c1-75(2,3)46-81(19,20)52-39-61(72(88)69(41-52)86-65-28-23-48(77(7,8)9)35-56(65)57-36-49(78(10,11)12)24-29-66(57)86)60-43-54(83)27-32-71(60)90-33-34-91-74-63(44-55(84)45-64(74)85)62-40-53(82(21,22)47-76(4,5)6)42-70(73(62)89)87-67-30-25-50(79(13,14)15)37-58(67)59-38-51(80(16,17)18)26-31-68(59)87/h23-32,35-45,88-89H,33-34,46-47H2,1-22H3. The minimum Gasteiger partial charge on any atom is -0.505 e. The minimum atomic E-state index is -0.958. The number of hydrogen-bond donors (Lipinski definition) is 2. The van der Waals surface area contributed by atoms with E-state index in [1.54, 1.807) is 0 Å². The predicted octanol–water partition coefficient (Wildman–Crippen LogP) is 23.1. The van der Waals surface area contributed by atoms with Gasteiger partial charge in [-0.3, -0.25) is 0 Å². The number of benzene rings is 8. The van der Waals surface area contributed by atoms with Crippen LogP contribution in [0.2, 0.25) is 0 Å². The van der Waals surface area contributed by atoms with Crippen LogP contribution in [-0.2, 0) is 32.5 Å². The molecule has 0 atom stereocenters. The van der Waals surface area contributed by atoms with Crippen molar-refractivity contribution >= 4 is 43.6 Å². The van der Waals surface area contributed by atoms with E-state index in [4.69, 9.17) is 9.47 Å². The molecule has 0 aliphatic carbocycles. The highest BCUT2D eigenvalue weighted by molar-refractivity contribution is 6.11. The van der Waals surface area contributed by atoms with Crippen LogP contribution in [0, 0.1) is 28.3 Å². The number of halogens is 3. The number of rotatable bonds is 13. The summed E-state index contributed by atoms with van der Waals surface area (Å²) in [5.41, 5.74) is 10.3. The third kappa shape index (κ3) is 13.2. The molecule has 6 nitrogen and oxygen atoms in total. The summed E-state index contributed by atoms with van der Waals surface area (Å²) in [5.74, 6) is -2.57. The Morgan fingerprint density at radius 3 is 1.03 bits per heavy atom. The van der Waals surface area contributed by atoms with Crippen molar-refractivity contribution < 1.29 is 32.9 Å². The Morgan fingerprint density at radius 1 is 0.341 bits per heavy atom. The molecule has 0 aliphatic heterocycles. The van der Waals surface area contributed by atoms with Gasteiger partial charge in [0.05, 0.1) is 33.4 Å². The third-order valence-electron chi connectivity index (χ3n) is 18.3. The van der Waals surface area contributed by atoms with Crippen LogP contribution in [0.5, 0.6) is 23.0 Å². The van der Waals surface area contributed by atoms with Crippen molar-refractivity contribution in [3.05, 3.63) is 178 Å². The molecule has 0 unspecified atom stereocenters. The lowest BCUT2D eigenvalue weighted by Crippen LogP contribution is -2.25. The number of ether oxygens (including phenoxy) is 2. The summed E-state index contributed by atoms with van der Waals surface area (Å²) in [4.78, 5) is 0. The molecule has 480 valence electrons. The second-order valence-electron chi connectivity index (χ2n) is 33.7. The summed E-state index contributed by atoms with van der Waals surface area (Å²) >= 11 is 0. The molecular formula is C82H97F3N2O4. The Morgan fingerprint density at radius 2 is 0.681 bits per heavy atom. The van der Waals surface area contributed by atoms with Gasteiger partial charge in [0.15, 0.2) is 11.6 Å². The fourth-order valence-corrected chi connectivity index (χ4v) is 14.1. The van der Waals surface area contributed by atoms with Gasteiger partial charge in [0, 0.05) is 49.9 Å². The smallest absolute Gasteiger partial charge is 0.168 e. The van der Waals surface area contributed by atoms with Gasteiger partial charge in [-0.05, 0) is 187 Å². The molecule has 0 aliphatic rings. The number of hydrogen-bond acceptors (Lipinski definition) is 4. The maximum Gasteiger partial charge on any atom is 0.168 e. The summed E-state index contributed by atoms with van der Waals surface area (Å²) in [6.45, 7) is 48.0. The lowest BCUT2D eigenvalue weighted by atomic mass is 9.71. The number of nitrogens with zero attached hydrogens (tertiary/aromatic N) is 2. The van der Waals surface area contributed by atoms with Crippen molar-refractivity contribution in [3.8, 4) is 56.6 Å². The van der Waals surface area contributed by atoms with Crippen molar-refractivity contribution in [2.45, 2.75) is 198 Å². The number of phenolic OH excluding ortho intramolecular Hbond substituents is 2. The van der Waals surface area contributed by atoms with Gasteiger partial charge in [0.1, 0.15) is 42.1 Å². The quantitative estimate of drug-likeness (QED) is 0.113. The van der Waals surface area contributed by atoms with Gasteiger partial charge < -0.3 is 28.8 Å². The molecule has 91 heavy (non-hydrogen) atoms. The molecule has 0 bridgehead atoms. The van der Waals surface area contributed by atoms with Gasteiger partial charge >= 0.3 is 0 Å². The average molecular weight is 1230 g/mol. The Hall–Kier alpha value is -7.65. The summed E-state index contributed by atoms with van der Waals surface area (Å²) < 4.78 is 66.1. The third-order valence-corrected chi connectivity index (χ3v) is 18.3. The number of fused-ring (bicyclic) bond motifs is 6. The lowest BCUT2D eigenvalue weighted by molar-refractivity contribution is 0.212. The highest BCUT2D eigenvalue weighted by Gasteiger charge is 2.34. The van der Waals surface area contributed by atoms with Crippen LogP contribution in [-0.4, -0.2) is 32.6 Å². The highest BCUT2D eigenvalue weighted by Crippen LogP contribution is 2.51. The van der Waals surface area contributed by atoms with E-state index in [0.717, 1.165) is 73.6 Å². The van der Waals surface area contributed by atoms with Crippen LogP contribution in [0.3, 0.4) is 0 Å². The van der Waals surface area contributed by atoms with E-state index in [-0.39, 0.29) is 79.8 Å². The zero-order valence-electron chi connectivity index (χ0n) is 58.2. The van der Waals surface area contributed by atoms with Gasteiger partial charge in [-0.15, -0.1) is 0 Å². The first-order valence-corrected chi connectivity index (χ1v) is 32.4. The van der Waals surface area contributed by atoms with Crippen LogP contribution < -0.4 is 9.47 Å². The van der Waals surface area contributed by atoms with E-state index in [2.05, 4.69) is 240 Å². The normalized spacial score (nSPS) is 13.4. The Balaban J connectivity index is 1.09. The predicted molar refractivity (Wildman–Crippen MR) is 376 cm³/mol. The van der Waals surface area contributed by atoms with Crippen LogP contribution in [0.1, 0.15) is 199 Å². The second-order valence-corrected chi connectivity index (χ2v) is 33.7. The van der Waals surface area contributed by atoms with Crippen LogP contribution in [0.15, 0.2) is 127 Å². The van der Waals surface area contributed by atoms with Crippen molar-refractivity contribution in [1.82, 2.24) is 9.13 Å². The van der Waals surface area contributed by atoms with Gasteiger partial charge in [0.25, 0.3) is 0 Å². The number of phenols is 2. The maximum atomic E-state index is 16.8. The molecule has 0 spiro atoms. The highest BCUT2D eigenvalue weighted by atomic mass is 19.1. The number of aromatic nitrogens is 2. The zero-order valence-corrected chi connectivity index (χ0v) is 58.2. The van der Waals surface area contributed by atoms with E-state index in [1.165, 1.54) is 46.5 Å². The van der Waals surface area contributed by atoms with E-state index >= 15 is 13.2 Å². The summed E-state index contributed by atoms with van der Waals surface area (Å²) in [6.07, 6.45) is 1.54. The van der Waals surface area contributed by atoms with Gasteiger partial charge in [-0.2, -0.15) is 0 Å². The molecule has 2 heterocycles. The van der Waals surface area contributed by atoms with Gasteiger partial charge in [0.2, 0.25) is 0 Å². The lowest BCUT2D eigenvalue weighted by Gasteiger charge is -2.34. The second kappa shape index (κ2) is 22.9. The molecule has 0 radical (unpaired) electrons. The Labute approximate surface area is 539 Å². The average Bonchev–Trinajstić information content (AvgIpc) is 1.62. The molecule has 0 saturated carbocycles. The topological polar surface area (TPSA) is 68.8 Å². The largest absolute Gasteiger partial charge is 0.505 e. The zero-order chi connectivity index (χ0) is 66.8. The molecule has 9 heteroatoms. The monoisotopic (exact) mass is 1230 g/mol.